The number of aliphatic hydroxyl groups excluding tert-OH is 2. The lowest BCUT2D eigenvalue weighted by Gasteiger charge is -2.51. The Morgan fingerprint density at radius 1 is 1.21 bits per heavy atom. The van der Waals surface area contributed by atoms with Gasteiger partial charge in [0, 0.05) is 11.8 Å². The second-order valence-electron chi connectivity index (χ2n) is 13.4. The molecule has 11 heteroatoms. The van der Waals surface area contributed by atoms with Crippen LogP contribution < -0.4 is 5.73 Å². The van der Waals surface area contributed by atoms with Crippen molar-refractivity contribution in [2.75, 3.05) is 6.61 Å². The van der Waals surface area contributed by atoms with Crippen LogP contribution in [0.4, 0.5) is 0 Å². The van der Waals surface area contributed by atoms with Gasteiger partial charge in [-0.05, 0) is 59.6 Å². The van der Waals surface area contributed by atoms with Gasteiger partial charge < -0.3 is 39.8 Å². The molecule has 4 fully saturated rings. The lowest BCUT2D eigenvalue weighted by atomic mass is 9.80. The standard InChI is InChI=1S/C32H44N2O9/c1-16(14-17(2)26-18(3)22-12-13-32(15-40-32)31(7,42-22)43-26)8-9-21(36)24-25(37)27(30(5,6)29(33)39)34(28(24)38)23-11-10-20(35)19(4)41-23/h8-9,12-14,17-20,22-23,26-27,35-36H,10-11,15H2,1-7H3,(H2,33,39). The Morgan fingerprint density at radius 2 is 1.88 bits per heavy atom. The Balaban J connectivity index is 1.38. The van der Waals surface area contributed by atoms with Crippen molar-refractivity contribution in [3.63, 3.8) is 0 Å². The summed E-state index contributed by atoms with van der Waals surface area (Å²) < 4.78 is 24.3. The third kappa shape index (κ3) is 5.29. The maximum atomic E-state index is 13.7. The zero-order valence-corrected chi connectivity index (χ0v) is 25.9. The third-order valence-corrected chi connectivity index (χ3v) is 9.81. The summed E-state index contributed by atoms with van der Waals surface area (Å²) >= 11 is 0. The van der Waals surface area contributed by atoms with E-state index in [1.54, 1.807) is 13.0 Å². The smallest absolute Gasteiger partial charge is 0.264 e. The van der Waals surface area contributed by atoms with Crippen molar-refractivity contribution in [1.82, 2.24) is 4.90 Å². The first kappa shape index (κ1) is 31.6. The number of carbonyl (C=O) groups is 3. The number of nitrogens with two attached hydrogens (primary N) is 1. The van der Waals surface area contributed by atoms with E-state index in [9.17, 15) is 24.6 Å². The number of likely N-dealkylation sites (tertiary alicyclic amines) is 1. The molecule has 10 unspecified atom stereocenters. The molecule has 0 aromatic carbocycles. The van der Waals surface area contributed by atoms with Gasteiger partial charge in [0.15, 0.2) is 11.4 Å². The average Bonchev–Trinajstić information content (AvgIpc) is 3.67. The Hall–Kier alpha value is -2.83. The number of allylic oxidation sites excluding steroid dienone is 3. The molecule has 0 aromatic rings. The number of hydrogen-bond acceptors (Lipinski definition) is 9. The van der Waals surface area contributed by atoms with Gasteiger partial charge in [-0.25, -0.2) is 0 Å². The van der Waals surface area contributed by atoms with Crippen LogP contribution in [0.5, 0.6) is 0 Å². The number of primary amides is 1. The number of fused-ring (bicyclic) bond motifs is 3. The van der Waals surface area contributed by atoms with Gasteiger partial charge in [-0.2, -0.15) is 0 Å². The first-order chi connectivity index (χ1) is 20.0. The first-order valence-electron chi connectivity index (χ1n) is 15.0. The SMILES string of the molecule is CC(C=CC(O)=C1C(=O)C(C(C)(C)C(N)=O)N(C2CCC(O)C(C)O2)C1=O)=CC(C)C1OC2(C)OC(C=CC23CO3)C1C. The number of rotatable bonds is 7. The molecule has 10 atom stereocenters. The fourth-order valence-corrected chi connectivity index (χ4v) is 6.76. The van der Waals surface area contributed by atoms with Crippen molar-refractivity contribution < 1.29 is 43.5 Å². The number of ketones is 1. The summed E-state index contributed by atoms with van der Waals surface area (Å²) in [5.74, 6) is -3.56. The van der Waals surface area contributed by atoms with Crippen molar-refractivity contribution in [2.45, 2.75) is 109 Å². The average molecular weight is 601 g/mol. The Kier molecular flexibility index (Phi) is 8.05. The number of carbonyl (C=O) groups excluding carboxylic acids is 3. The highest BCUT2D eigenvalue weighted by atomic mass is 16.8. The fourth-order valence-electron chi connectivity index (χ4n) is 6.76. The van der Waals surface area contributed by atoms with Crippen LogP contribution in [0, 0.1) is 17.3 Å². The lowest BCUT2D eigenvalue weighted by molar-refractivity contribution is -0.346. The van der Waals surface area contributed by atoms with Gasteiger partial charge in [-0.1, -0.05) is 37.6 Å². The van der Waals surface area contributed by atoms with Gasteiger partial charge in [0.2, 0.25) is 11.7 Å². The van der Waals surface area contributed by atoms with Gasteiger partial charge in [0.25, 0.3) is 5.91 Å². The molecule has 4 saturated heterocycles. The Morgan fingerprint density at radius 3 is 2.49 bits per heavy atom. The zero-order chi connectivity index (χ0) is 31.6. The van der Waals surface area contributed by atoms with E-state index >= 15 is 0 Å². The summed E-state index contributed by atoms with van der Waals surface area (Å²) in [7, 11) is 0. The quantitative estimate of drug-likeness (QED) is 0.0996. The molecule has 11 nitrogen and oxygen atoms in total. The van der Waals surface area contributed by atoms with Gasteiger partial charge in [-0.15, -0.1) is 0 Å². The molecule has 5 aliphatic rings. The zero-order valence-electron chi connectivity index (χ0n) is 25.9. The van der Waals surface area contributed by atoms with Crippen LogP contribution in [0.25, 0.3) is 0 Å². The van der Waals surface area contributed by atoms with Crippen molar-refractivity contribution >= 4 is 17.6 Å². The van der Waals surface area contributed by atoms with E-state index in [1.807, 2.05) is 32.9 Å². The Labute approximate surface area is 252 Å². The van der Waals surface area contributed by atoms with E-state index < -0.39 is 70.2 Å². The molecule has 2 bridgehead atoms. The highest BCUT2D eigenvalue weighted by molar-refractivity contribution is 6.28. The fraction of sp³-hybridized carbons (Fsp3) is 0.656. The topological polar surface area (TPSA) is 161 Å². The van der Waals surface area contributed by atoms with Crippen molar-refractivity contribution in [2.24, 2.45) is 23.0 Å². The van der Waals surface area contributed by atoms with Crippen molar-refractivity contribution in [1.29, 1.82) is 0 Å². The van der Waals surface area contributed by atoms with Crippen LogP contribution >= 0.6 is 0 Å². The van der Waals surface area contributed by atoms with E-state index in [1.165, 1.54) is 24.8 Å². The molecule has 5 aliphatic heterocycles. The number of hydrogen-bond donors (Lipinski definition) is 3. The summed E-state index contributed by atoms with van der Waals surface area (Å²) in [4.78, 5) is 40.9. The normalized spacial score (nSPS) is 41.7. The molecule has 0 radical (unpaired) electrons. The minimum Gasteiger partial charge on any atom is -0.507 e. The molecule has 5 rings (SSSR count). The van der Waals surface area contributed by atoms with Crippen LogP contribution in [-0.4, -0.2) is 87.4 Å². The second kappa shape index (κ2) is 11.0. The molecule has 0 saturated carbocycles. The molecule has 5 heterocycles. The van der Waals surface area contributed by atoms with Crippen LogP contribution in [0.1, 0.15) is 61.3 Å². The molecule has 43 heavy (non-hydrogen) atoms. The summed E-state index contributed by atoms with van der Waals surface area (Å²) in [6.45, 7) is 13.1. The number of aliphatic hydroxyl groups is 2. The molecule has 2 amide bonds. The highest BCUT2D eigenvalue weighted by Crippen LogP contribution is 2.52. The van der Waals surface area contributed by atoms with Crippen LogP contribution in [0.15, 0.2) is 47.3 Å². The van der Waals surface area contributed by atoms with E-state index in [4.69, 9.17) is 24.7 Å². The molecular weight excluding hydrogens is 556 g/mol. The monoisotopic (exact) mass is 600 g/mol. The third-order valence-electron chi connectivity index (χ3n) is 9.81. The number of Topliss-reactive ketones (excluding diaryl/α,β-unsaturated/α-hetero) is 1. The van der Waals surface area contributed by atoms with Gasteiger partial charge in [0.1, 0.15) is 23.6 Å². The van der Waals surface area contributed by atoms with Crippen LogP contribution in [0.3, 0.4) is 0 Å². The van der Waals surface area contributed by atoms with Crippen LogP contribution in [0.2, 0.25) is 0 Å². The maximum Gasteiger partial charge on any atom is 0.264 e. The summed E-state index contributed by atoms with van der Waals surface area (Å²) in [6, 6.07) is -1.27. The summed E-state index contributed by atoms with van der Waals surface area (Å²) in [5.41, 5.74) is 4.02. The summed E-state index contributed by atoms with van der Waals surface area (Å²) in [5, 5.41) is 21.2. The molecule has 0 aliphatic carbocycles. The maximum absolute atomic E-state index is 13.7. The molecule has 1 spiro atoms. The minimum atomic E-state index is -1.44. The van der Waals surface area contributed by atoms with E-state index in [-0.39, 0.29) is 30.5 Å². The van der Waals surface area contributed by atoms with E-state index in [2.05, 4.69) is 13.0 Å². The number of ether oxygens (including phenoxy) is 4. The molecular formula is C32H44N2O9. The second-order valence-corrected chi connectivity index (χ2v) is 13.4. The molecule has 0 aromatic heterocycles. The Bertz CT molecular complexity index is 1310. The predicted octanol–water partition coefficient (Wildman–Crippen LogP) is 2.59. The molecule has 4 N–H and O–H groups in total. The lowest BCUT2D eigenvalue weighted by Crippen LogP contribution is -2.61. The van der Waals surface area contributed by atoms with E-state index in [0.717, 1.165) is 5.57 Å². The molecule has 236 valence electrons. The van der Waals surface area contributed by atoms with Crippen molar-refractivity contribution in [3.05, 3.63) is 47.3 Å². The largest absolute Gasteiger partial charge is 0.507 e. The van der Waals surface area contributed by atoms with Gasteiger partial charge in [-0.3, -0.25) is 14.4 Å². The van der Waals surface area contributed by atoms with Gasteiger partial charge >= 0.3 is 0 Å². The first-order valence-corrected chi connectivity index (χ1v) is 15.0. The number of nitrogens with zero attached hydrogens (tertiary/aromatic N) is 1. The number of amides is 2. The number of epoxide rings is 1. The van der Waals surface area contributed by atoms with E-state index in [0.29, 0.717) is 13.0 Å². The summed E-state index contributed by atoms with van der Waals surface area (Å²) in [6.07, 6.45) is 7.23. The highest BCUT2D eigenvalue weighted by Gasteiger charge is 2.66. The van der Waals surface area contributed by atoms with Crippen molar-refractivity contribution in [3.8, 4) is 0 Å². The van der Waals surface area contributed by atoms with Gasteiger partial charge in [0.05, 0.1) is 36.4 Å². The predicted molar refractivity (Wildman–Crippen MR) is 155 cm³/mol. The van der Waals surface area contributed by atoms with Crippen LogP contribution in [-0.2, 0) is 33.3 Å². The minimum absolute atomic E-state index is 0.0331.